The maximum absolute atomic E-state index is 11.2. The third kappa shape index (κ3) is 3.29. The second-order valence-corrected chi connectivity index (χ2v) is 4.25. The Kier molecular flexibility index (Phi) is 5.27. The van der Waals surface area contributed by atoms with Crippen molar-refractivity contribution in [2.24, 2.45) is 0 Å². The summed E-state index contributed by atoms with van der Waals surface area (Å²) in [5, 5.41) is 31.9. The fourth-order valence-electron chi connectivity index (χ4n) is 1.89. The fraction of sp³-hybridized carbons (Fsp3) is 0.462. The number of benzene rings is 1. The van der Waals surface area contributed by atoms with E-state index in [1.54, 1.807) is 26.1 Å². The standard InChI is InChI=1S/C13H19NO4/c1-8-4-3-5-9(11(8)13(17)18)12(16)10(15)6-7-14-2/h3-5,10,12,14-16H,6-7H2,1-2H3,(H,17,18). The Hall–Kier alpha value is -1.43. The molecule has 0 aliphatic heterocycles. The molecule has 0 amide bonds. The monoisotopic (exact) mass is 253 g/mol. The van der Waals surface area contributed by atoms with E-state index in [-0.39, 0.29) is 11.1 Å². The van der Waals surface area contributed by atoms with Gasteiger partial charge in [0.25, 0.3) is 0 Å². The zero-order valence-electron chi connectivity index (χ0n) is 10.6. The van der Waals surface area contributed by atoms with Gasteiger partial charge in [0.05, 0.1) is 11.7 Å². The summed E-state index contributed by atoms with van der Waals surface area (Å²) in [7, 11) is 1.74. The maximum atomic E-state index is 11.2. The van der Waals surface area contributed by atoms with Crippen LogP contribution < -0.4 is 5.32 Å². The molecule has 0 saturated carbocycles. The smallest absolute Gasteiger partial charge is 0.336 e. The summed E-state index contributed by atoms with van der Waals surface area (Å²) in [6.07, 6.45) is -1.83. The average molecular weight is 253 g/mol. The highest BCUT2D eigenvalue weighted by molar-refractivity contribution is 5.91. The molecular formula is C13H19NO4. The molecule has 0 radical (unpaired) electrons. The van der Waals surface area contributed by atoms with Crippen molar-refractivity contribution in [3.8, 4) is 0 Å². The van der Waals surface area contributed by atoms with E-state index in [9.17, 15) is 15.0 Å². The number of carboxylic acids is 1. The second kappa shape index (κ2) is 6.49. The van der Waals surface area contributed by atoms with Gasteiger partial charge >= 0.3 is 5.97 Å². The van der Waals surface area contributed by atoms with Crippen molar-refractivity contribution in [2.75, 3.05) is 13.6 Å². The number of nitrogens with one attached hydrogen (secondary N) is 1. The van der Waals surface area contributed by atoms with Crippen LogP contribution in [0.1, 0.15) is 34.0 Å². The van der Waals surface area contributed by atoms with Gasteiger partial charge in [0.15, 0.2) is 0 Å². The zero-order valence-corrected chi connectivity index (χ0v) is 10.6. The Balaban J connectivity index is 3.01. The van der Waals surface area contributed by atoms with Crippen LogP contribution in [0, 0.1) is 6.92 Å². The molecule has 4 N–H and O–H groups in total. The lowest BCUT2D eigenvalue weighted by atomic mass is 9.94. The quantitative estimate of drug-likeness (QED) is 0.599. The number of carboxylic acid groups (broad SMARTS) is 1. The topological polar surface area (TPSA) is 89.8 Å². The normalized spacial score (nSPS) is 14.2. The molecule has 2 unspecified atom stereocenters. The van der Waals surface area contributed by atoms with E-state index in [4.69, 9.17) is 5.11 Å². The Morgan fingerprint density at radius 2 is 2.06 bits per heavy atom. The summed E-state index contributed by atoms with van der Waals surface area (Å²) >= 11 is 0. The van der Waals surface area contributed by atoms with Crippen LogP contribution in [0.4, 0.5) is 0 Å². The summed E-state index contributed by atoms with van der Waals surface area (Å²) < 4.78 is 0. The molecule has 0 spiro atoms. The van der Waals surface area contributed by atoms with E-state index in [1.807, 2.05) is 0 Å². The Morgan fingerprint density at radius 1 is 1.39 bits per heavy atom. The lowest BCUT2D eigenvalue weighted by Crippen LogP contribution is -2.25. The van der Waals surface area contributed by atoms with E-state index in [0.29, 0.717) is 18.5 Å². The number of carbonyl (C=O) groups is 1. The van der Waals surface area contributed by atoms with Crippen molar-refractivity contribution in [1.82, 2.24) is 5.32 Å². The van der Waals surface area contributed by atoms with Gasteiger partial charge in [-0.3, -0.25) is 0 Å². The van der Waals surface area contributed by atoms with E-state index in [2.05, 4.69) is 5.32 Å². The third-order valence-electron chi connectivity index (χ3n) is 2.89. The summed E-state index contributed by atoms with van der Waals surface area (Å²) in [6, 6.07) is 4.87. The largest absolute Gasteiger partial charge is 0.478 e. The van der Waals surface area contributed by atoms with E-state index in [0.717, 1.165) is 0 Å². The minimum absolute atomic E-state index is 0.0634. The molecular weight excluding hydrogens is 234 g/mol. The first-order valence-corrected chi connectivity index (χ1v) is 5.82. The third-order valence-corrected chi connectivity index (χ3v) is 2.89. The molecule has 0 aliphatic rings. The molecule has 5 nitrogen and oxygen atoms in total. The molecule has 100 valence electrons. The van der Waals surface area contributed by atoms with Gasteiger partial charge in [0.1, 0.15) is 6.10 Å². The number of hydrogen-bond acceptors (Lipinski definition) is 4. The number of aryl methyl sites for hydroxylation is 1. The predicted molar refractivity (Wildman–Crippen MR) is 67.6 cm³/mol. The summed E-state index contributed by atoms with van der Waals surface area (Å²) in [6.45, 7) is 2.21. The van der Waals surface area contributed by atoms with Crippen molar-refractivity contribution in [1.29, 1.82) is 0 Å². The molecule has 0 heterocycles. The van der Waals surface area contributed by atoms with Crippen molar-refractivity contribution < 1.29 is 20.1 Å². The van der Waals surface area contributed by atoms with Gasteiger partial charge in [-0.2, -0.15) is 0 Å². The first-order valence-electron chi connectivity index (χ1n) is 5.82. The van der Waals surface area contributed by atoms with Crippen LogP contribution in [-0.2, 0) is 0 Å². The molecule has 0 saturated heterocycles. The Morgan fingerprint density at radius 3 is 2.61 bits per heavy atom. The van der Waals surface area contributed by atoms with Crippen LogP contribution in [0.5, 0.6) is 0 Å². The van der Waals surface area contributed by atoms with Gasteiger partial charge in [-0.15, -0.1) is 0 Å². The molecule has 0 bridgehead atoms. The van der Waals surface area contributed by atoms with Crippen molar-refractivity contribution in [3.05, 3.63) is 34.9 Å². The number of hydrogen-bond donors (Lipinski definition) is 4. The van der Waals surface area contributed by atoms with Crippen LogP contribution in [0.3, 0.4) is 0 Å². The molecule has 0 fully saturated rings. The van der Waals surface area contributed by atoms with Gasteiger partial charge in [0.2, 0.25) is 0 Å². The highest BCUT2D eigenvalue weighted by atomic mass is 16.4. The first kappa shape index (κ1) is 14.6. The molecule has 1 aromatic rings. The highest BCUT2D eigenvalue weighted by Crippen LogP contribution is 2.25. The molecule has 2 atom stereocenters. The number of aliphatic hydroxyl groups excluding tert-OH is 2. The highest BCUT2D eigenvalue weighted by Gasteiger charge is 2.24. The van der Waals surface area contributed by atoms with Crippen LogP contribution in [0.2, 0.25) is 0 Å². The molecule has 1 rings (SSSR count). The maximum Gasteiger partial charge on any atom is 0.336 e. The predicted octanol–water partition coefficient (Wildman–Crippen LogP) is 0.697. The molecule has 1 aromatic carbocycles. The van der Waals surface area contributed by atoms with E-state index in [1.165, 1.54) is 6.07 Å². The number of aliphatic hydroxyl groups is 2. The van der Waals surface area contributed by atoms with Crippen LogP contribution >= 0.6 is 0 Å². The second-order valence-electron chi connectivity index (χ2n) is 4.25. The summed E-state index contributed by atoms with van der Waals surface area (Å²) in [5.41, 5.74) is 0.888. The number of rotatable bonds is 6. The van der Waals surface area contributed by atoms with E-state index < -0.39 is 18.2 Å². The zero-order chi connectivity index (χ0) is 13.7. The van der Waals surface area contributed by atoms with Crippen LogP contribution in [-0.4, -0.2) is 41.0 Å². The van der Waals surface area contributed by atoms with Gasteiger partial charge < -0.3 is 20.6 Å². The Bertz CT molecular complexity index is 419. The first-order chi connectivity index (χ1) is 8.49. The molecule has 18 heavy (non-hydrogen) atoms. The minimum atomic E-state index is -1.19. The van der Waals surface area contributed by atoms with Crippen molar-refractivity contribution >= 4 is 5.97 Å². The van der Waals surface area contributed by atoms with Gasteiger partial charge in [-0.1, -0.05) is 18.2 Å². The van der Waals surface area contributed by atoms with Gasteiger partial charge in [-0.25, -0.2) is 4.79 Å². The lowest BCUT2D eigenvalue weighted by Gasteiger charge is -2.20. The van der Waals surface area contributed by atoms with Crippen molar-refractivity contribution in [2.45, 2.75) is 25.6 Å². The summed E-state index contributed by atoms with van der Waals surface area (Å²) in [5.74, 6) is -1.09. The molecule has 0 aromatic heterocycles. The van der Waals surface area contributed by atoms with Gasteiger partial charge in [0, 0.05) is 0 Å². The summed E-state index contributed by atoms with van der Waals surface area (Å²) in [4.78, 5) is 11.2. The Labute approximate surface area is 106 Å². The number of aromatic carboxylic acids is 1. The lowest BCUT2D eigenvalue weighted by molar-refractivity contribution is 0.0131. The average Bonchev–Trinajstić information content (AvgIpc) is 2.34. The fourth-order valence-corrected chi connectivity index (χ4v) is 1.89. The van der Waals surface area contributed by atoms with Gasteiger partial charge in [-0.05, 0) is 38.1 Å². The van der Waals surface area contributed by atoms with E-state index >= 15 is 0 Å². The molecule has 5 heteroatoms. The van der Waals surface area contributed by atoms with Crippen LogP contribution in [0.15, 0.2) is 18.2 Å². The van der Waals surface area contributed by atoms with Crippen molar-refractivity contribution in [3.63, 3.8) is 0 Å². The van der Waals surface area contributed by atoms with Crippen LogP contribution in [0.25, 0.3) is 0 Å². The SMILES string of the molecule is CNCCC(O)C(O)c1cccc(C)c1C(=O)O. The minimum Gasteiger partial charge on any atom is -0.478 e. The molecule has 0 aliphatic carbocycles.